The number of para-hydroxylation sites is 1. The maximum atomic E-state index is 12.6. The van der Waals surface area contributed by atoms with Crippen LogP contribution in [0.5, 0.6) is 0 Å². The molecule has 1 aliphatic heterocycles. The molecule has 1 aromatic heterocycles. The number of fused-ring (bicyclic) bond motifs is 1. The van der Waals surface area contributed by atoms with Crippen molar-refractivity contribution < 1.29 is 4.79 Å². The molecular weight excluding hydrogens is 382 g/mol. The highest BCUT2D eigenvalue weighted by molar-refractivity contribution is 6.36. The number of carbonyl (C=O) groups excluding carboxylic acids is 1. The van der Waals surface area contributed by atoms with Gasteiger partial charge in [-0.25, -0.2) is 4.68 Å². The lowest BCUT2D eigenvalue weighted by Gasteiger charge is -2.01. The molecule has 0 atom stereocenters. The summed E-state index contributed by atoms with van der Waals surface area (Å²) in [6, 6.07) is 25.3. The van der Waals surface area contributed by atoms with Gasteiger partial charge in [0, 0.05) is 39.2 Å². The van der Waals surface area contributed by atoms with Crippen molar-refractivity contribution in [1.29, 1.82) is 0 Å². The van der Waals surface area contributed by atoms with E-state index in [9.17, 15) is 4.79 Å². The molecule has 0 spiro atoms. The predicted molar refractivity (Wildman–Crippen MR) is 117 cm³/mol. The first-order valence-electron chi connectivity index (χ1n) is 9.22. The lowest BCUT2D eigenvalue weighted by atomic mass is 10.0. The number of hydrogen-bond donors (Lipinski definition) is 1. The Labute approximate surface area is 173 Å². The molecule has 2 heterocycles. The molecule has 0 unspecified atom stereocenters. The van der Waals surface area contributed by atoms with Gasteiger partial charge in [-0.2, -0.15) is 5.10 Å². The van der Waals surface area contributed by atoms with Crippen LogP contribution in [0.4, 0.5) is 5.69 Å². The molecule has 3 aromatic carbocycles. The Morgan fingerprint density at radius 3 is 2.41 bits per heavy atom. The molecule has 0 radical (unpaired) electrons. The van der Waals surface area contributed by atoms with Crippen LogP contribution in [0.3, 0.4) is 0 Å². The second kappa shape index (κ2) is 7.08. The summed E-state index contributed by atoms with van der Waals surface area (Å²) in [5.41, 5.74) is 5.75. The van der Waals surface area contributed by atoms with Crippen LogP contribution in [0.25, 0.3) is 28.6 Å². The maximum Gasteiger partial charge on any atom is 0.256 e. The SMILES string of the molecule is O=C1Nc2ccc(Cl)cc2/C1=C/c1cn(-c2ccccc2)nc1-c1ccccc1. The van der Waals surface area contributed by atoms with Crippen LogP contribution in [0.2, 0.25) is 5.02 Å². The van der Waals surface area contributed by atoms with Gasteiger partial charge in [-0.05, 0) is 36.4 Å². The summed E-state index contributed by atoms with van der Waals surface area (Å²) in [6.07, 6.45) is 3.83. The van der Waals surface area contributed by atoms with E-state index in [2.05, 4.69) is 5.32 Å². The van der Waals surface area contributed by atoms with E-state index >= 15 is 0 Å². The molecule has 5 rings (SSSR count). The monoisotopic (exact) mass is 397 g/mol. The van der Waals surface area contributed by atoms with E-state index < -0.39 is 0 Å². The molecule has 1 N–H and O–H groups in total. The Morgan fingerprint density at radius 1 is 0.931 bits per heavy atom. The first-order valence-corrected chi connectivity index (χ1v) is 9.60. The first kappa shape index (κ1) is 17.5. The standard InChI is InChI=1S/C24H16ClN3O/c25-18-11-12-22-20(14-18)21(24(29)26-22)13-17-15-28(19-9-5-2-6-10-19)27-23(17)16-7-3-1-4-8-16/h1-15H,(H,26,29)/b21-13-. The second-order valence-electron chi connectivity index (χ2n) is 6.78. The summed E-state index contributed by atoms with van der Waals surface area (Å²) in [7, 11) is 0. The van der Waals surface area contributed by atoms with Gasteiger partial charge in [-0.1, -0.05) is 60.1 Å². The predicted octanol–water partition coefficient (Wildman–Crippen LogP) is 5.69. The van der Waals surface area contributed by atoms with E-state index in [4.69, 9.17) is 16.7 Å². The minimum absolute atomic E-state index is 0.145. The fraction of sp³-hybridized carbons (Fsp3) is 0. The quantitative estimate of drug-likeness (QED) is 0.452. The van der Waals surface area contributed by atoms with Crippen molar-refractivity contribution in [2.45, 2.75) is 0 Å². The van der Waals surface area contributed by atoms with E-state index in [0.717, 1.165) is 33.8 Å². The average Bonchev–Trinajstić information content (AvgIpc) is 3.31. The molecule has 0 saturated heterocycles. The van der Waals surface area contributed by atoms with Crippen LogP contribution >= 0.6 is 11.6 Å². The zero-order valence-corrected chi connectivity index (χ0v) is 16.1. The molecule has 29 heavy (non-hydrogen) atoms. The van der Waals surface area contributed by atoms with Crippen molar-refractivity contribution in [3.8, 4) is 16.9 Å². The number of aromatic nitrogens is 2. The average molecular weight is 398 g/mol. The maximum absolute atomic E-state index is 12.6. The van der Waals surface area contributed by atoms with E-state index in [0.29, 0.717) is 10.6 Å². The minimum atomic E-state index is -0.145. The minimum Gasteiger partial charge on any atom is -0.321 e. The fourth-order valence-electron chi connectivity index (χ4n) is 3.49. The normalized spacial score (nSPS) is 14.1. The summed E-state index contributed by atoms with van der Waals surface area (Å²) < 4.78 is 1.83. The van der Waals surface area contributed by atoms with Crippen LogP contribution in [-0.4, -0.2) is 15.7 Å². The van der Waals surface area contributed by atoms with Crippen molar-refractivity contribution in [3.63, 3.8) is 0 Å². The van der Waals surface area contributed by atoms with Gasteiger partial charge in [0.1, 0.15) is 0 Å². The topological polar surface area (TPSA) is 46.9 Å². The summed E-state index contributed by atoms with van der Waals surface area (Å²) in [5.74, 6) is -0.145. The van der Waals surface area contributed by atoms with Crippen LogP contribution < -0.4 is 5.32 Å². The summed E-state index contributed by atoms with van der Waals surface area (Å²) in [4.78, 5) is 12.6. The summed E-state index contributed by atoms with van der Waals surface area (Å²) >= 11 is 6.17. The van der Waals surface area contributed by atoms with E-state index in [1.165, 1.54) is 0 Å². The van der Waals surface area contributed by atoms with Crippen LogP contribution in [0.1, 0.15) is 11.1 Å². The Kier molecular flexibility index (Phi) is 4.26. The van der Waals surface area contributed by atoms with Crippen molar-refractivity contribution in [3.05, 3.63) is 101 Å². The van der Waals surface area contributed by atoms with Crippen molar-refractivity contribution in [1.82, 2.24) is 9.78 Å². The second-order valence-corrected chi connectivity index (χ2v) is 7.22. The van der Waals surface area contributed by atoms with Crippen molar-refractivity contribution in [2.24, 2.45) is 0 Å². The Bertz CT molecular complexity index is 1240. The van der Waals surface area contributed by atoms with Gasteiger partial charge in [-0.3, -0.25) is 4.79 Å². The molecule has 0 saturated carbocycles. The van der Waals surface area contributed by atoms with Gasteiger partial charge >= 0.3 is 0 Å². The molecule has 140 valence electrons. The molecule has 0 aliphatic carbocycles. The summed E-state index contributed by atoms with van der Waals surface area (Å²) in [5, 5.41) is 8.30. The third kappa shape index (κ3) is 3.24. The number of nitrogens with zero attached hydrogens (tertiary/aromatic N) is 2. The largest absolute Gasteiger partial charge is 0.321 e. The molecular formula is C24H16ClN3O. The molecule has 5 heteroatoms. The third-order valence-electron chi connectivity index (χ3n) is 4.87. The molecule has 4 nitrogen and oxygen atoms in total. The number of halogens is 1. The van der Waals surface area contributed by atoms with Crippen molar-refractivity contribution in [2.75, 3.05) is 5.32 Å². The molecule has 4 aromatic rings. The smallest absolute Gasteiger partial charge is 0.256 e. The van der Waals surface area contributed by atoms with Crippen LogP contribution in [0.15, 0.2) is 85.1 Å². The van der Waals surface area contributed by atoms with Gasteiger partial charge in [0.15, 0.2) is 0 Å². The zero-order valence-electron chi connectivity index (χ0n) is 15.3. The Hall–Kier alpha value is -3.63. The number of rotatable bonds is 3. The summed E-state index contributed by atoms with van der Waals surface area (Å²) in [6.45, 7) is 0. The van der Waals surface area contributed by atoms with Crippen molar-refractivity contribution >= 4 is 34.8 Å². The highest BCUT2D eigenvalue weighted by Gasteiger charge is 2.25. The number of benzene rings is 3. The highest BCUT2D eigenvalue weighted by atomic mass is 35.5. The molecule has 1 aliphatic rings. The van der Waals surface area contributed by atoms with Gasteiger partial charge in [0.25, 0.3) is 5.91 Å². The Morgan fingerprint density at radius 2 is 1.66 bits per heavy atom. The van der Waals surface area contributed by atoms with Gasteiger partial charge < -0.3 is 5.32 Å². The molecule has 0 fully saturated rings. The van der Waals surface area contributed by atoms with Gasteiger partial charge in [-0.15, -0.1) is 0 Å². The lowest BCUT2D eigenvalue weighted by Crippen LogP contribution is -2.03. The number of amides is 1. The van der Waals surface area contributed by atoms with Crippen LogP contribution in [-0.2, 0) is 4.79 Å². The fourth-order valence-corrected chi connectivity index (χ4v) is 3.66. The first-order chi connectivity index (χ1) is 14.2. The molecule has 0 bridgehead atoms. The van der Waals surface area contributed by atoms with E-state index in [1.54, 1.807) is 6.07 Å². The number of anilines is 1. The highest BCUT2D eigenvalue weighted by Crippen LogP contribution is 2.36. The number of nitrogens with one attached hydrogen (secondary N) is 1. The van der Waals surface area contributed by atoms with Gasteiger partial charge in [0.05, 0.1) is 11.4 Å². The lowest BCUT2D eigenvalue weighted by molar-refractivity contribution is -0.110. The van der Waals surface area contributed by atoms with Crippen LogP contribution in [0, 0.1) is 0 Å². The Balaban J connectivity index is 1.69. The van der Waals surface area contributed by atoms with E-state index in [-0.39, 0.29) is 5.91 Å². The molecule has 1 amide bonds. The zero-order chi connectivity index (χ0) is 19.8. The number of carbonyl (C=O) groups is 1. The number of hydrogen-bond acceptors (Lipinski definition) is 2. The van der Waals surface area contributed by atoms with Gasteiger partial charge in [0.2, 0.25) is 0 Å². The van der Waals surface area contributed by atoms with E-state index in [1.807, 2.05) is 89.8 Å². The third-order valence-corrected chi connectivity index (χ3v) is 5.11.